The number of likely N-dealkylation sites (N-methyl/N-ethyl adjacent to an activating group) is 1. The second-order valence-corrected chi connectivity index (χ2v) is 17.7. The van der Waals surface area contributed by atoms with Gasteiger partial charge in [-0.1, -0.05) is 42.5 Å². The summed E-state index contributed by atoms with van der Waals surface area (Å²) >= 11 is 0. The van der Waals surface area contributed by atoms with Crippen molar-refractivity contribution in [3.05, 3.63) is 119 Å². The molecular formula is C52H58N10O8. The Balaban J connectivity index is 0.943. The van der Waals surface area contributed by atoms with Crippen molar-refractivity contribution < 1.29 is 38.9 Å². The number of ether oxygens (including phenoxy) is 2. The highest BCUT2D eigenvalue weighted by Gasteiger charge is 2.34. The molecule has 364 valence electrons. The van der Waals surface area contributed by atoms with Crippen molar-refractivity contribution in [1.82, 2.24) is 40.4 Å². The van der Waals surface area contributed by atoms with Gasteiger partial charge in [0.15, 0.2) is 6.10 Å². The minimum absolute atomic E-state index is 0.0421. The number of anilines is 1. The molecule has 3 amide bonds. The van der Waals surface area contributed by atoms with Crippen LogP contribution in [-0.4, -0.2) is 135 Å². The van der Waals surface area contributed by atoms with E-state index in [0.29, 0.717) is 84.7 Å². The quantitative estimate of drug-likeness (QED) is 0.0545. The van der Waals surface area contributed by atoms with Gasteiger partial charge in [0.1, 0.15) is 16.8 Å². The van der Waals surface area contributed by atoms with Crippen LogP contribution in [0.1, 0.15) is 63.1 Å². The van der Waals surface area contributed by atoms with Gasteiger partial charge in [0.2, 0.25) is 12.2 Å². The summed E-state index contributed by atoms with van der Waals surface area (Å²) in [5.74, 6) is -1.81. The molecule has 3 unspecified atom stereocenters. The van der Waals surface area contributed by atoms with Crippen LogP contribution in [0.15, 0.2) is 91.0 Å². The maximum atomic E-state index is 13.8. The van der Waals surface area contributed by atoms with Gasteiger partial charge in [-0.05, 0) is 106 Å². The summed E-state index contributed by atoms with van der Waals surface area (Å²) in [4.78, 5) is 75.4. The number of carbonyl (C=O) groups excluding carboxylic acids is 3. The van der Waals surface area contributed by atoms with Gasteiger partial charge in [0.05, 0.1) is 56.0 Å². The lowest BCUT2D eigenvalue weighted by Gasteiger charge is -2.31. The fourth-order valence-electron chi connectivity index (χ4n) is 8.62. The van der Waals surface area contributed by atoms with Crippen molar-refractivity contribution in [1.29, 1.82) is 0 Å². The van der Waals surface area contributed by atoms with Crippen LogP contribution >= 0.6 is 0 Å². The number of amides is 3. The van der Waals surface area contributed by atoms with E-state index >= 15 is 0 Å². The van der Waals surface area contributed by atoms with Crippen molar-refractivity contribution in [3.63, 3.8) is 0 Å². The minimum Gasteiger partial charge on any atom is -0.479 e. The molecule has 1 aliphatic heterocycles. The SMILES string of the molecule is Cc1cccc2nc3cccc(C(=O)NCCN(C)CCCN(CCNC(=O)c4cccc5nc6cccc(C)c6nc45)Cc4ccc(OC5CC(O)CC(C(=O)O)O5)c(NC(=O)CCN)c4)c3nc12. The molecule has 1 fully saturated rings. The highest BCUT2D eigenvalue weighted by Crippen LogP contribution is 2.31. The van der Waals surface area contributed by atoms with Crippen LogP contribution in [0.3, 0.4) is 0 Å². The number of benzene rings is 5. The topological polar surface area (TPSA) is 247 Å². The predicted molar refractivity (Wildman–Crippen MR) is 267 cm³/mol. The molecule has 7 N–H and O–H groups in total. The van der Waals surface area contributed by atoms with Gasteiger partial charge >= 0.3 is 5.97 Å². The van der Waals surface area contributed by atoms with Crippen LogP contribution < -0.4 is 26.4 Å². The average Bonchev–Trinajstić information content (AvgIpc) is 3.33. The molecule has 0 bridgehead atoms. The van der Waals surface area contributed by atoms with Gasteiger partial charge in [-0.2, -0.15) is 0 Å². The fourth-order valence-corrected chi connectivity index (χ4v) is 8.62. The maximum Gasteiger partial charge on any atom is 0.333 e. The number of hydrogen-bond donors (Lipinski definition) is 6. The Kier molecular flexibility index (Phi) is 15.8. The summed E-state index contributed by atoms with van der Waals surface area (Å²) in [5.41, 5.74) is 15.1. The second-order valence-electron chi connectivity index (χ2n) is 17.7. The van der Waals surface area contributed by atoms with E-state index < -0.39 is 24.5 Å². The fraction of sp³-hybridized carbons (Fsp3) is 0.346. The number of carboxylic acid groups (broad SMARTS) is 1. The summed E-state index contributed by atoms with van der Waals surface area (Å²) in [7, 11) is 2.00. The number of nitrogens with one attached hydrogen (secondary N) is 3. The van der Waals surface area contributed by atoms with E-state index in [4.69, 9.17) is 35.1 Å². The molecule has 0 aliphatic carbocycles. The van der Waals surface area contributed by atoms with Gasteiger partial charge in [-0.3, -0.25) is 19.3 Å². The number of fused-ring (bicyclic) bond motifs is 4. The van der Waals surface area contributed by atoms with Crippen LogP contribution in [0.2, 0.25) is 0 Å². The Morgan fingerprint density at radius 3 is 1.89 bits per heavy atom. The smallest absolute Gasteiger partial charge is 0.333 e. The Labute approximate surface area is 404 Å². The molecular weight excluding hydrogens is 893 g/mol. The summed E-state index contributed by atoms with van der Waals surface area (Å²) in [5, 5.41) is 29.0. The number of aromatic nitrogens is 4. The molecule has 18 nitrogen and oxygen atoms in total. The molecule has 0 spiro atoms. The van der Waals surface area contributed by atoms with Crippen LogP contribution in [0.4, 0.5) is 5.69 Å². The van der Waals surface area contributed by atoms with Gasteiger partial charge in [-0.25, -0.2) is 24.7 Å². The van der Waals surface area contributed by atoms with E-state index in [0.717, 1.165) is 45.2 Å². The van der Waals surface area contributed by atoms with Crippen molar-refractivity contribution in [3.8, 4) is 5.75 Å². The van der Waals surface area contributed by atoms with Gasteiger partial charge in [0.25, 0.3) is 11.8 Å². The zero-order chi connectivity index (χ0) is 49.3. The van der Waals surface area contributed by atoms with Crippen molar-refractivity contribution in [2.75, 3.05) is 58.2 Å². The van der Waals surface area contributed by atoms with E-state index in [2.05, 4.69) is 25.8 Å². The molecule has 2 aromatic heterocycles. The molecule has 0 radical (unpaired) electrons. The largest absolute Gasteiger partial charge is 0.479 e. The van der Waals surface area contributed by atoms with Crippen molar-refractivity contribution in [2.24, 2.45) is 5.73 Å². The number of carbonyl (C=O) groups is 4. The number of hydrogen-bond acceptors (Lipinski definition) is 14. The Morgan fingerprint density at radius 2 is 1.30 bits per heavy atom. The Morgan fingerprint density at radius 1 is 0.729 bits per heavy atom. The summed E-state index contributed by atoms with van der Waals surface area (Å²) in [6, 6.07) is 27.8. The zero-order valence-electron chi connectivity index (χ0n) is 39.5. The molecule has 3 heterocycles. The van der Waals surface area contributed by atoms with Crippen molar-refractivity contribution in [2.45, 2.75) is 64.6 Å². The van der Waals surface area contributed by atoms with E-state index in [1.807, 2.05) is 81.6 Å². The van der Waals surface area contributed by atoms with Crippen LogP contribution in [0, 0.1) is 13.8 Å². The maximum absolute atomic E-state index is 13.8. The first-order valence-corrected chi connectivity index (χ1v) is 23.5. The summed E-state index contributed by atoms with van der Waals surface area (Å²) < 4.78 is 11.7. The zero-order valence-corrected chi connectivity index (χ0v) is 39.5. The molecule has 70 heavy (non-hydrogen) atoms. The Hall–Kier alpha value is -7.22. The summed E-state index contributed by atoms with van der Waals surface area (Å²) in [6.07, 6.45) is -2.50. The van der Waals surface area contributed by atoms with Crippen LogP contribution in [0.25, 0.3) is 44.1 Å². The van der Waals surface area contributed by atoms with Crippen LogP contribution in [0.5, 0.6) is 5.75 Å². The number of carboxylic acids is 1. The van der Waals surface area contributed by atoms with Gasteiger partial charge in [0, 0.05) is 58.5 Å². The summed E-state index contributed by atoms with van der Waals surface area (Å²) in [6.45, 7) is 7.56. The third-order valence-corrected chi connectivity index (χ3v) is 12.3. The van der Waals surface area contributed by atoms with E-state index in [-0.39, 0.29) is 49.3 Å². The molecule has 1 saturated heterocycles. The minimum atomic E-state index is -1.25. The number of para-hydroxylation sites is 4. The molecule has 18 heteroatoms. The first-order valence-electron chi connectivity index (χ1n) is 23.5. The van der Waals surface area contributed by atoms with Gasteiger partial charge in [-0.15, -0.1) is 0 Å². The van der Waals surface area contributed by atoms with Crippen molar-refractivity contribution >= 4 is 73.5 Å². The highest BCUT2D eigenvalue weighted by molar-refractivity contribution is 6.07. The highest BCUT2D eigenvalue weighted by atomic mass is 16.7. The standard InChI is InChI=1S/C52H58N10O8/c1-31-9-4-13-37-46(31)59-48-35(11-6-15-39(48)56-37)50(65)54-21-25-61(3)23-8-24-62(26-22-55-51(66)36-12-7-16-40-49(36)60-47-32(2)10-5-14-38(47)57-40)30-33-17-18-42(41(27-33)58-44(64)19-20-53)69-45-29-34(63)28-43(70-45)52(67)68/h4-7,9-18,27,34,43,45,63H,8,19-26,28-30,53H2,1-3H3,(H,54,65)(H,55,66)(H,58,64)(H,67,68). The molecule has 3 atom stereocenters. The third kappa shape index (κ3) is 12.0. The number of aliphatic carboxylic acids is 1. The number of aliphatic hydroxyl groups excluding tert-OH is 1. The first kappa shape index (κ1) is 49.2. The third-order valence-electron chi connectivity index (χ3n) is 12.3. The predicted octanol–water partition coefficient (Wildman–Crippen LogP) is 5.10. The lowest BCUT2D eigenvalue weighted by atomic mass is 10.1. The van der Waals surface area contributed by atoms with Crippen LogP contribution in [-0.2, 0) is 20.9 Å². The van der Waals surface area contributed by atoms with E-state index in [9.17, 15) is 29.4 Å². The molecule has 5 aromatic carbocycles. The van der Waals surface area contributed by atoms with E-state index in [1.165, 1.54) is 0 Å². The van der Waals surface area contributed by atoms with Gasteiger partial charge < -0.3 is 46.3 Å². The normalized spacial score (nSPS) is 16.0. The number of rotatable bonds is 20. The number of nitrogens with two attached hydrogens (primary N) is 1. The monoisotopic (exact) mass is 950 g/mol. The Bertz CT molecular complexity index is 3060. The number of nitrogens with zero attached hydrogens (tertiary/aromatic N) is 6. The molecule has 7 aromatic rings. The molecule has 8 rings (SSSR count). The number of aliphatic hydroxyl groups is 1. The van der Waals surface area contributed by atoms with E-state index in [1.54, 1.807) is 30.3 Å². The molecule has 0 saturated carbocycles. The molecule has 1 aliphatic rings. The lowest BCUT2D eigenvalue weighted by Crippen LogP contribution is -2.42. The lowest BCUT2D eigenvalue weighted by molar-refractivity contribution is -0.195. The number of aryl methyl sites for hydroxylation is 2. The second kappa shape index (κ2) is 22.5. The average molecular weight is 951 g/mol. The first-order chi connectivity index (χ1) is 33.8.